The zero-order valence-electron chi connectivity index (χ0n) is 13.3. The molecule has 1 aliphatic rings. The molecule has 116 valence electrons. The quantitative estimate of drug-likeness (QED) is 0.795. The van der Waals surface area contributed by atoms with Crippen molar-refractivity contribution in [2.45, 2.75) is 57.5 Å². The second-order valence-corrected chi connectivity index (χ2v) is 7.94. The van der Waals surface area contributed by atoms with Crippen molar-refractivity contribution in [3.8, 4) is 0 Å². The minimum absolute atomic E-state index is 0.0336. The molecule has 0 fully saturated rings. The van der Waals surface area contributed by atoms with E-state index in [1.165, 1.54) is 0 Å². The van der Waals surface area contributed by atoms with Gasteiger partial charge in [0.05, 0.1) is 4.90 Å². The highest BCUT2D eigenvalue weighted by Gasteiger charge is 2.38. The van der Waals surface area contributed by atoms with E-state index in [-0.39, 0.29) is 12.1 Å². The Hall–Kier alpha value is -1.13. The molecular formula is C17H25NO2S. The van der Waals surface area contributed by atoms with Gasteiger partial charge in [0.15, 0.2) is 0 Å². The summed E-state index contributed by atoms with van der Waals surface area (Å²) in [6, 6.07) is 7.14. The molecule has 1 aromatic rings. The Morgan fingerprint density at radius 3 is 2.38 bits per heavy atom. The molecule has 2 rings (SSSR count). The van der Waals surface area contributed by atoms with E-state index < -0.39 is 10.0 Å². The SMILES string of the molecule is CC[C@@H]1C=CC[C@H](C(C)C)N1S(=O)(=O)c1ccc(C)cc1. The van der Waals surface area contributed by atoms with Gasteiger partial charge in [0, 0.05) is 12.1 Å². The number of hydrogen-bond donors (Lipinski definition) is 0. The number of sulfonamides is 1. The first-order valence-electron chi connectivity index (χ1n) is 7.64. The van der Waals surface area contributed by atoms with Gasteiger partial charge in [0.2, 0.25) is 10.0 Å². The van der Waals surface area contributed by atoms with Crippen LogP contribution < -0.4 is 0 Å². The summed E-state index contributed by atoms with van der Waals surface area (Å²) in [5, 5.41) is 0. The van der Waals surface area contributed by atoms with Crippen molar-refractivity contribution in [1.29, 1.82) is 0 Å². The van der Waals surface area contributed by atoms with Crippen LogP contribution in [0.25, 0.3) is 0 Å². The van der Waals surface area contributed by atoms with Crippen LogP contribution in [0.5, 0.6) is 0 Å². The summed E-state index contributed by atoms with van der Waals surface area (Å²) in [7, 11) is -3.45. The monoisotopic (exact) mass is 307 g/mol. The lowest BCUT2D eigenvalue weighted by Gasteiger charge is -2.39. The Balaban J connectivity index is 2.47. The van der Waals surface area contributed by atoms with E-state index in [2.05, 4.69) is 19.9 Å². The third-order valence-corrected chi connectivity index (χ3v) is 6.14. The maximum atomic E-state index is 13.1. The fraction of sp³-hybridized carbons (Fsp3) is 0.529. The summed E-state index contributed by atoms with van der Waals surface area (Å²) < 4.78 is 27.9. The number of benzene rings is 1. The number of aryl methyl sites for hydroxylation is 1. The summed E-state index contributed by atoms with van der Waals surface area (Å²) in [6.07, 6.45) is 5.74. The standard InChI is InChI=1S/C17H25NO2S/c1-5-15-7-6-8-17(13(2)3)18(15)21(19,20)16-11-9-14(4)10-12-16/h6-7,9-13,15,17H,5,8H2,1-4H3/t15-,17-/m1/s1. The van der Waals surface area contributed by atoms with Gasteiger partial charge in [-0.3, -0.25) is 0 Å². The molecule has 3 nitrogen and oxygen atoms in total. The highest BCUT2D eigenvalue weighted by Crippen LogP contribution is 2.31. The minimum atomic E-state index is -3.45. The molecule has 0 N–H and O–H groups in total. The highest BCUT2D eigenvalue weighted by atomic mass is 32.2. The van der Waals surface area contributed by atoms with Crippen LogP contribution in [0.4, 0.5) is 0 Å². The van der Waals surface area contributed by atoms with Crippen LogP contribution in [0.2, 0.25) is 0 Å². The third kappa shape index (κ3) is 3.22. The topological polar surface area (TPSA) is 37.4 Å². The Kier molecular flexibility index (Phi) is 4.89. The Morgan fingerprint density at radius 2 is 1.86 bits per heavy atom. The van der Waals surface area contributed by atoms with Gasteiger partial charge in [-0.05, 0) is 37.8 Å². The van der Waals surface area contributed by atoms with Crippen LogP contribution in [-0.2, 0) is 10.0 Å². The lowest BCUT2D eigenvalue weighted by Crippen LogP contribution is -2.50. The molecule has 21 heavy (non-hydrogen) atoms. The van der Waals surface area contributed by atoms with Crippen molar-refractivity contribution in [3.05, 3.63) is 42.0 Å². The van der Waals surface area contributed by atoms with Crippen LogP contribution in [0.1, 0.15) is 39.2 Å². The summed E-state index contributed by atoms with van der Waals surface area (Å²) in [4.78, 5) is 0.396. The van der Waals surface area contributed by atoms with E-state index in [1.54, 1.807) is 16.4 Å². The largest absolute Gasteiger partial charge is 0.243 e. The molecule has 0 radical (unpaired) electrons. The lowest BCUT2D eigenvalue weighted by atomic mass is 9.95. The first-order chi connectivity index (χ1) is 9.87. The van der Waals surface area contributed by atoms with Gasteiger partial charge in [-0.2, -0.15) is 4.31 Å². The van der Waals surface area contributed by atoms with Gasteiger partial charge in [-0.25, -0.2) is 8.42 Å². The fourth-order valence-corrected chi connectivity index (χ4v) is 4.87. The van der Waals surface area contributed by atoms with E-state index in [4.69, 9.17) is 0 Å². The van der Waals surface area contributed by atoms with E-state index in [1.807, 2.05) is 32.1 Å². The highest BCUT2D eigenvalue weighted by molar-refractivity contribution is 7.89. The second-order valence-electron chi connectivity index (χ2n) is 6.10. The minimum Gasteiger partial charge on any atom is -0.207 e. The molecule has 0 saturated carbocycles. The number of rotatable bonds is 4. The van der Waals surface area contributed by atoms with Crippen molar-refractivity contribution in [1.82, 2.24) is 4.31 Å². The van der Waals surface area contributed by atoms with Gasteiger partial charge < -0.3 is 0 Å². The van der Waals surface area contributed by atoms with Crippen LogP contribution in [0.3, 0.4) is 0 Å². The average Bonchev–Trinajstić information content (AvgIpc) is 2.46. The maximum Gasteiger partial charge on any atom is 0.243 e. The summed E-state index contributed by atoms with van der Waals surface area (Å²) in [5.41, 5.74) is 1.07. The van der Waals surface area contributed by atoms with Crippen molar-refractivity contribution in [2.24, 2.45) is 5.92 Å². The number of nitrogens with zero attached hydrogens (tertiary/aromatic N) is 1. The number of hydrogen-bond acceptors (Lipinski definition) is 2. The van der Waals surface area contributed by atoms with Crippen LogP contribution >= 0.6 is 0 Å². The molecule has 0 amide bonds. The Morgan fingerprint density at radius 1 is 1.24 bits per heavy atom. The predicted molar refractivity (Wildman–Crippen MR) is 86.7 cm³/mol. The molecule has 2 atom stereocenters. The van der Waals surface area contributed by atoms with Crippen LogP contribution in [0.15, 0.2) is 41.3 Å². The zero-order valence-corrected chi connectivity index (χ0v) is 14.1. The zero-order chi connectivity index (χ0) is 15.6. The van der Waals surface area contributed by atoms with Gasteiger partial charge in [0.1, 0.15) is 0 Å². The first kappa shape index (κ1) is 16.2. The summed E-state index contributed by atoms with van der Waals surface area (Å²) in [6.45, 7) is 8.18. The molecule has 1 heterocycles. The molecular weight excluding hydrogens is 282 g/mol. The molecule has 1 aliphatic heterocycles. The van der Waals surface area contributed by atoms with Crippen molar-refractivity contribution < 1.29 is 8.42 Å². The maximum absolute atomic E-state index is 13.1. The van der Waals surface area contributed by atoms with E-state index in [0.717, 1.165) is 18.4 Å². The summed E-state index contributed by atoms with van der Waals surface area (Å²) >= 11 is 0. The smallest absolute Gasteiger partial charge is 0.207 e. The molecule has 1 aromatic carbocycles. The van der Waals surface area contributed by atoms with Crippen LogP contribution in [-0.4, -0.2) is 24.8 Å². The van der Waals surface area contributed by atoms with E-state index >= 15 is 0 Å². The van der Waals surface area contributed by atoms with Crippen molar-refractivity contribution in [2.75, 3.05) is 0 Å². The predicted octanol–water partition coefficient (Wildman–Crippen LogP) is 3.75. The average molecular weight is 307 g/mol. The van der Waals surface area contributed by atoms with Gasteiger partial charge in [0.25, 0.3) is 0 Å². The Bertz CT molecular complexity index is 602. The van der Waals surface area contributed by atoms with E-state index in [9.17, 15) is 8.42 Å². The van der Waals surface area contributed by atoms with Crippen LogP contribution in [0, 0.1) is 12.8 Å². The third-order valence-electron chi connectivity index (χ3n) is 4.17. The molecule has 0 aromatic heterocycles. The van der Waals surface area contributed by atoms with Crippen molar-refractivity contribution >= 4 is 10.0 Å². The molecule has 0 unspecified atom stereocenters. The lowest BCUT2D eigenvalue weighted by molar-refractivity contribution is 0.213. The normalized spacial score (nSPS) is 23.7. The van der Waals surface area contributed by atoms with Gasteiger partial charge in [-0.15, -0.1) is 0 Å². The van der Waals surface area contributed by atoms with Crippen molar-refractivity contribution in [3.63, 3.8) is 0 Å². The Labute approximate surface area is 128 Å². The van der Waals surface area contributed by atoms with E-state index in [0.29, 0.717) is 10.8 Å². The fourth-order valence-electron chi connectivity index (χ4n) is 2.88. The molecule has 0 saturated heterocycles. The van der Waals surface area contributed by atoms with Gasteiger partial charge >= 0.3 is 0 Å². The first-order valence-corrected chi connectivity index (χ1v) is 9.08. The van der Waals surface area contributed by atoms with Gasteiger partial charge in [-0.1, -0.05) is 50.6 Å². The molecule has 0 spiro atoms. The molecule has 0 bridgehead atoms. The molecule has 4 heteroatoms. The molecule has 0 aliphatic carbocycles. The second kappa shape index (κ2) is 6.32. The summed E-state index contributed by atoms with van der Waals surface area (Å²) in [5.74, 6) is 0.296.